The summed E-state index contributed by atoms with van der Waals surface area (Å²) in [6.45, 7) is 0. The van der Waals surface area contributed by atoms with Crippen molar-refractivity contribution < 1.29 is 4.74 Å². The monoisotopic (exact) mass is 300 g/mol. The van der Waals surface area contributed by atoms with Crippen LogP contribution < -0.4 is 4.74 Å². The van der Waals surface area contributed by atoms with Crippen molar-refractivity contribution >= 4 is 22.6 Å². The fourth-order valence-electron chi connectivity index (χ4n) is 0.994. The molecule has 2 heteroatoms. The van der Waals surface area contributed by atoms with Crippen molar-refractivity contribution in [3.8, 4) is 17.6 Å². The number of alkyl halides is 1. The third kappa shape index (κ3) is 4.01. The lowest BCUT2D eigenvalue weighted by Crippen LogP contribution is -1.81. The van der Waals surface area contributed by atoms with Gasteiger partial charge in [-0.3, -0.25) is 0 Å². The fourth-order valence-corrected chi connectivity index (χ4v) is 1.38. The maximum Gasteiger partial charge on any atom is 0.118 e. The Kier molecular flexibility index (Phi) is 5.46. The summed E-state index contributed by atoms with van der Waals surface area (Å²) >= 11 is 2.37. The lowest BCUT2D eigenvalue weighted by atomic mass is 10.2. The molecule has 0 aliphatic carbocycles. The van der Waals surface area contributed by atoms with Crippen molar-refractivity contribution in [2.24, 2.45) is 0 Å². The molecule has 0 heterocycles. The smallest absolute Gasteiger partial charge is 0.118 e. The van der Waals surface area contributed by atoms with E-state index < -0.39 is 0 Å². The SMILES string of the molecule is COc1ccc(C#CCCCI)cc1. The summed E-state index contributed by atoms with van der Waals surface area (Å²) in [5, 5.41) is 0. The first-order valence-corrected chi connectivity index (χ1v) is 6.08. The maximum atomic E-state index is 5.06. The van der Waals surface area contributed by atoms with E-state index in [4.69, 9.17) is 4.74 Å². The average Bonchev–Trinajstić information content (AvgIpc) is 2.25. The van der Waals surface area contributed by atoms with Crippen LogP contribution in [-0.2, 0) is 0 Å². The van der Waals surface area contributed by atoms with Crippen LogP contribution in [0.4, 0.5) is 0 Å². The fraction of sp³-hybridized carbons (Fsp3) is 0.333. The molecule has 0 aliphatic heterocycles. The van der Waals surface area contributed by atoms with Crippen LogP contribution in [-0.4, -0.2) is 11.5 Å². The number of hydrogen-bond acceptors (Lipinski definition) is 1. The summed E-state index contributed by atoms with van der Waals surface area (Å²) in [7, 11) is 1.67. The number of ether oxygens (including phenoxy) is 1. The standard InChI is InChI=1S/C12H13IO/c1-14-12-8-6-11(7-9-12)5-3-2-4-10-13/h6-9H,2,4,10H2,1H3. The predicted molar refractivity (Wildman–Crippen MR) is 68.0 cm³/mol. The van der Waals surface area contributed by atoms with Gasteiger partial charge in [0.2, 0.25) is 0 Å². The van der Waals surface area contributed by atoms with Crippen LogP contribution in [0.2, 0.25) is 0 Å². The minimum Gasteiger partial charge on any atom is -0.497 e. The van der Waals surface area contributed by atoms with E-state index in [2.05, 4.69) is 34.4 Å². The Morgan fingerprint density at radius 1 is 1.29 bits per heavy atom. The Labute approximate surface area is 99.0 Å². The van der Waals surface area contributed by atoms with Crippen LogP contribution in [0.5, 0.6) is 5.75 Å². The van der Waals surface area contributed by atoms with Crippen molar-refractivity contribution in [2.45, 2.75) is 12.8 Å². The molecule has 0 N–H and O–H groups in total. The molecule has 1 aromatic carbocycles. The lowest BCUT2D eigenvalue weighted by Gasteiger charge is -1.97. The van der Waals surface area contributed by atoms with E-state index in [1.54, 1.807) is 7.11 Å². The van der Waals surface area contributed by atoms with Gasteiger partial charge in [0.15, 0.2) is 0 Å². The molecule has 0 saturated carbocycles. The van der Waals surface area contributed by atoms with Gasteiger partial charge in [0.05, 0.1) is 7.11 Å². The molecule has 14 heavy (non-hydrogen) atoms. The highest BCUT2D eigenvalue weighted by Gasteiger charge is 1.89. The van der Waals surface area contributed by atoms with Crippen molar-refractivity contribution in [3.05, 3.63) is 29.8 Å². The normalized spacial score (nSPS) is 9.00. The van der Waals surface area contributed by atoms with E-state index in [1.807, 2.05) is 24.3 Å². The van der Waals surface area contributed by atoms with Crippen LogP contribution in [0.3, 0.4) is 0 Å². The number of unbranched alkanes of at least 4 members (excludes halogenated alkanes) is 1. The molecular weight excluding hydrogens is 287 g/mol. The molecule has 0 amide bonds. The Balaban J connectivity index is 2.53. The van der Waals surface area contributed by atoms with Gasteiger partial charge in [0, 0.05) is 16.4 Å². The Bertz CT molecular complexity index is 318. The van der Waals surface area contributed by atoms with Crippen LogP contribution >= 0.6 is 22.6 Å². The first-order valence-electron chi connectivity index (χ1n) is 4.55. The molecule has 0 saturated heterocycles. The molecule has 0 fully saturated rings. The molecule has 0 bridgehead atoms. The zero-order valence-electron chi connectivity index (χ0n) is 8.22. The quantitative estimate of drug-likeness (QED) is 0.360. The van der Waals surface area contributed by atoms with Gasteiger partial charge < -0.3 is 4.74 Å². The second kappa shape index (κ2) is 6.72. The van der Waals surface area contributed by atoms with Gasteiger partial charge in [-0.15, -0.1) is 0 Å². The summed E-state index contributed by atoms with van der Waals surface area (Å²) in [6.07, 6.45) is 2.15. The molecule has 0 aliphatic rings. The van der Waals surface area contributed by atoms with Gasteiger partial charge in [-0.05, 0) is 30.7 Å². The minimum absolute atomic E-state index is 0.878. The van der Waals surface area contributed by atoms with Crippen LogP contribution in [0.1, 0.15) is 18.4 Å². The summed E-state index contributed by atoms with van der Waals surface area (Å²) < 4.78 is 6.24. The van der Waals surface area contributed by atoms with Gasteiger partial charge in [-0.25, -0.2) is 0 Å². The highest BCUT2D eigenvalue weighted by atomic mass is 127. The summed E-state index contributed by atoms with van der Waals surface area (Å²) in [5.41, 5.74) is 1.05. The Morgan fingerprint density at radius 2 is 2.00 bits per heavy atom. The Hall–Kier alpha value is -0.690. The second-order valence-electron chi connectivity index (χ2n) is 2.82. The second-order valence-corrected chi connectivity index (χ2v) is 3.90. The highest BCUT2D eigenvalue weighted by Crippen LogP contribution is 2.10. The van der Waals surface area contributed by atoms with E-state index in [-0.39, 0.29) is 0 Å². The van der Waals surface area contributed by atoms with Crippen molar-refractivity contribution in [1.29, 1.82) is 0 Å². The van der Waals surface area contributed by atoms with E-state index in [1.165, 1.54) is 10.8 Å². The number of benzene rings is 1. The number of methoxy groups -OCH3 is 1. The molecule has 0 atom stereocenters. The number of halogens is 1. The predicted octanol–water partition coefficient (Wildman–Crippen LogP) is 3.26. The van der Waals surface area contributed by atoms with Crippen LogP contribution in [0, 0.1) is 11.8 Å². The van der Waals surface area contributed by atoms with Crippen LogP contribution in [0.15, 0.2) is 24.3 Å². The van der Waals surface area contributed by atoms with E-state index in [0.717, 1.165) is 17.7 Å². The lowest BCUT2D eigenvalue weighted by molar-refractivity contribution is 0.415. The molecule has 1 aromatic rings. The number of hydrogen-bond donors (Lipinski definition) is 0. The molecule has 74 valence electrons. The van der Waals surface area contributed by atoms with E-state index in [9.17, 15) is 0 Å². The highest BCUT2D eigenvalue weighted by molar-refractivity contribution is 14.1. The zero-order chi connectivity index (χ0) is 10.2. The number of rotatable bonds is 3. The third-order valence-corrected chi connectivity index (χ3v) is 2.52. The van der Waals surface area contributed by atoms with E-state index >= 15 is 0 Å². The van der Waals surface area contributed by atoms with Gasteiger partial charge >= 0.3 is 0 Å². The first-order chi connectivity index (χ1) is 6.86. The third-order valence-electron chi connectivity index (χ3n) is 1.76. The summed E-state index contributed by atoms with van der Waals surface area (Å²) in [4.78, 5) is 0. The summed E-state index contributed by atoms with van der Waals surface area (Å²) in [5.74, 6) is 7.14. The van der Waals surface area contributed by atoms with Crippen molar-refractivity contribution in [1.82, 2.24) is 0 Å². The molecule has 0 aromatic heterocycles. The molecule has 1 nitrogen and oxygen atoms in total. The zero-order valence-corrected chi connectivity index (χ0v) is 10.4. The van der Waals surface area contributed by atoms with E-state index in [0.29, 0.717) is 0 Å². The van der Waals surface area contributed by atoms with Crippen molar-refractivity contribution in [2.75, 3.05) is 11.5 Å². The van der Waals surface area contributed by atoms with Gasteiger partial charge in [-0.2, -0.15) is 0 Å². The maximum absolute atomic E-state index is 5.06. The molecule has 0 unspecified atom stereocenters. The molecule has 0 spiro atoms. The topological polar surface area (TPSA) is 9.23 Å². The first kappa shape index (κ1) is 11.4. The Morgan fingerprint density at radius 3 is 2.57 bits per heavy atom. The summed E-state index contributed by atoms with van der Waals surface area (Å²) in [6, 6.07) is 7.83. The largest absolute Gasteiger partial charge is 0.497 e. The van der Waals surface area contributed by atoms with Gasteiger partial charge in [0.25, 0.3) is 0 Å². The molecular formula is C12H13IO. The van der Waals surface area contributed by atoms with Crippen LogP contribution in [0.25, 0.3) is 0 Å². The molecule has 0 radical (unpaired) electrons. The minimum atomic E-state index is 0.878. The van der Waals surface area contributed by atoms with Gasteiger partial charge in [0.1, 0.15) is 5.75 Å². The van der Waals surface area contributed by atoms with Gasteiger partial charge in [-0.1, -0.05) is 34.4 Å². The average molecular weight is 300 g/mol. The van der Waals surface area contributed by atoms with Crippen molar-refractivity contribution in [3.63, 3.8) is 0 Å². The molecule has 1 rings (SSSR count).